The highest BCUT2D eigenvalue weighted by Gasteiger charge is 2.27. The number of nitrogens with zero attached hydrogens (tertiary/aromatic N) is 4. The number of thiophene rings is 1. The summed E-state index contributed by atoms with van der Waals surface area (Å²) in [5.41, 5.74) is 8.18. The molecular formula is C20H24Cl3N5OS. The van der Waals surface area contributed by atoms with E-state index in [2.05, 4.69) is 27.9 Å². The van der Waals surface area contributed by atoms with Crippen molar-refractivity contribution in [3.05, 3.63) is 52.1 Å². The summed E-state index contributed by atoms with van der Waals surface area (Å²) in [6.45, 7) is 4.84. The van der Waals surface area contributed by atoms with Crippen LogP contribution in [0, 0.1) is 6.92 Å². The summed E-state index contributed by atoms with van der Waals surface area (Å²) in [7, 11) is 0. The zero-order chi connectivity index (χ0) is 19.7. The second-order valence-corrected chi connectivity index (χ2v) is 8.71. The number of piperazine rings is 1. The number of anilines is 1. The summed E-state index contributed by atoms with van der Waals surface area (Å²) >= 11 is 7.63. The highest BCUT2D eigenvalue weighted by molar-refractivity contribution is 7.19. The van der Waals surface area contributed by atoms with Gasteiger partial charge < -0.3 is 15.5 Å². The van der Waals surface area contributed by atoms with Crippen molar-refractivity contribution in [3.63, 3.8) is 0 Å². The number of nitrogens with two attached hydrogens (primary N) is 1. The number of aryl methyl sites for hydroxylation is 1. The van der Waals surface area contributed by atoms with Crippen LogP contribution in [0.3, 0.4) is 0 Å². The molecule has 0 bridgehead atoms. The third-order valence-electron chi connectivity index (χ3n) is 4.99. The fourth-order valence-electron chi connectivity index (χ4n) is 3.52. The van der Waals surface area contributed by atoms with E-state index < -0.39 is 6.04 Å². The third-order valence-corrected chi connectivity index (χ3v) is 6.28. The highest BCUT2D eigenvalue weighted by atomic mass is 35.5. The number of hydrogen-bond acceptors (Lipinski definition) is 6. The van der Waals surface area contributed by atoms with Crippen molar-refractivity contribution < 1.29 is 4.79 Å². The molecule has 10 heteroatoms. The smallest absolute Gasteiger partial charge is 0.239 e. The van der Waals surface area contributed by atoms with Crippen LogP contribution < -0.4 is 10.6 Å². The minimum Gasteiger partial charge on any atom is -0.352 e. The van der Waals surface area contributed by atoms with E-state index in [4.69, 9.17) is 17.3 Å². The minimum absolute atomic E-state index is 0. The number of benzene rings is 1. The van der Waals surface area contributed by atoms with Crippen LogP contribution >= 0.6 is 47.8 Å². The summed E-state index contributed by atoms with van der Waals surface area (Å²) < 4.78 is 1.11. The topological polar surface area (TPSA) is 75.4 Å². The number of fused-ring (bicyclic) bond motifs is 1. The SMILES string of the molecule is Cc1cc2ncnc(N3CCN(C(=O)[C@H](N)Cc4ccc(Cl)cc4)CC3)c2s1.Cl.Cl. The fraction of sp³-hybridized carbons (Fsp3) is 0.350. The number of carbonyl (C=O) groups is 1. The molecule has 30 heavy (non-hydrogen) atoms. The molecule has 1 atom stereocenters. The lowest BCUT2D eigenvalue weighted by Crippen LogP contribution is -2.53. The summed E-state index contributed by atoms with van der Waals surface area (Å²) in [5.74, 6) is 0.954. The molecule has 1 aliphatic rings. The van der Waals surface area contributed by atoms with Crippen molar-refractivity contribution in [2.75, 3.05) is 31.1 Å². The Morgan fingerprint density at radius 1 is 1.17 bits per heavy atom. The van der Waals surface area contributed by atoms with Gasteiger partial charge in [-0.1, -0.05) is 23.7 Å². The Labute approximate surface area is 197 Å². The molecule has 0 aliphatic carbocycles. The lowest BCUT2D eigenvalue weighted by atomic mass is 10.1. The van der Waals surface area contributed by atoms with Gasteiger partial charge in [-0.15, -0.1) is 36.2 Å². The van der Waals surface area contributed by atoms with E-state index in [9.17, 15) is 4.79 Å². The lowest BCUT2D eigenvalue weighted by molar-refractivity contribution is -0.132. The molecule has 162 valence electrons. The molecule has 0 unspecified atom stereocenters. The predicted octanol–water partition coefficient (Wildman–Crippen LogP) is 3.72. The van der Waals surface area contributed by atoms with Crippen LogP contribution in [0.25, 0.3) is 10.2 Å². The zero-order valence-corrected chi connectivity index (χ0v) is 19.7. The standard InChI is InChI=1S/C20H22ClN5OS.2ClH/c1-13-10-17-18(28-13)19(24-12-23-17)25-6-8-26(9-7-25)20(27)16(22)11-14-2-4-15(21)5-3-14;;/h2-5,10,12,16H,6-9,11,22H2,1H3;2*1H/t16-;;/m1../s1. The molecule has 3 heterocycles. The van der Waals surface area contributed by atoms with Crippen molar-refractivity contribution >= 4 is 69.7 Å². The van der Waals surface area contributed by atoms with Gasteiger partial charge in [-0.05, 0) is 37.1 Å². The molecule has 2 N–H and O–H groups in total. The minimum atomic E-state index is -0.543. The monoisotopic (exact) mass is 487 g/mol. The second-order valence-electron chi connectivity index (χ2n) is 7.02. The first-order valence-corrected chi connectivity index (χ1v) is 10.5. The van der Waals surface area contributed by atoms with E-state index in [0.717, 1.165) is 34.7 Å². The van der Waals surface area contributed by atoms with E-state index >= 15 is 0 Å². The number of carbonyl (C=O) groups excluding carboxylic acids is 1. The van der Waals surface area contributed by atoms with Gasteiger partial charge in [0.2, 0.25) is 5.91 Å². The first kappa shape index (κ1) is 24.6. The molecule has 0 radical (unpaired) electrons. The van der Waals surface area contributed by atoms with Gasteiger partial charge in [0.25, 0.3) is 0 Å². The van der Waals surface area contributed by atoms with E-state index in [1.54, 1.807) is 17.7 Å². The van der Waals surface area contributed by atoms with Crippen molar-refractivity contribution in [1.29, 1.82) is 0 Å². The number of halogens is 3. The average Bonchev–Trinajstić information content (AvgIpc) is 3.09. The molecule has 4 rings (SSSR count). The first-order chi connectivity index (χ1) is 13.5. The Morgan fingerprint density at radius 3 is 2.50 bits per heavy atom. The van der Waals surface area contributed by atoms with E-state index in [1.807, 2.05) is 29.2 Å². The van der Waals surface area contributed by atoms with Gasteiger partial charge in [0.05, 0.1) is 16.3 Å². The molecule has 0 saturated carbocycles. The van der Waals surface area contributed by atoms with Crippen molar-refractivity contribution in [3.8, 4) is 0 Å². The quantitative estimate of drug-likeness (QED) is 0.606. The maximum absolute atomic E-state index is 12.8. The number of hydrogen-bond donors (Lipinski definition) is 1. The number of amides is 1. The number of rotatable bonds is 4. The highest BCUT2D eigenvalue weighted by Crippen LogP contribution is 2.31. The molecule has 1 aromatic carbocycles. The largest absolute Gasteiger partial charge is 0.352 e. The zero-order valence-electron chi connectivity index (χ0n) is 16.5. The average molecular weight is 489 g/mol. The van der Waals surface area contributed by atoms with Crippen molar-refractivity contribution in [2.45, 2.75) is 19.4 Å². The van der Waals surface area contributed by atoms with Crippen LogP contribution in [0.5, 0.6) is 0 Å². The van der Waals surface area contributed by atoms with E-state index in [-0.39, 0.29) is 30.7 Å². The van der Waals surface area contributed by atoms with Crippen LogP contribution in [0.4, 0.5) is 5.82 Å². The molecule has 1 fully saturated rings. The van der Waals surface area contributed by atoms with Crippen molar-refractivity contribution in [2.24, 2.45) is 5.73 Å². The normalized spacial score (nSPS) is 14.8. The molecule has 6 nitrogen and oxygen atoms in total. The molecule has 1 aliphatic heterocycles. The molecule has 2 aromatic heterocycles. The Bertz CT molecular complexity index is 990. The Morgan fingerprint density at radius 2 is 1.83 bits per heavy atom. The van der Waals surface area contributed by atoms with Gasteiger partial charge >= 0.3 is 0 Å². The molecular weight excluding hydrogens is 465 g/mol. The van der Waals surface area contributed by atoms with Gasteiger partial charge in [0.1, 0.15) is 12.1 Å². The van der Waals surface area contributed by atoms with Gasteiger partial charge in [0.15, 0.2) is 0 Å². The number of aromatic nitrogens is 2. The Balaban J connectivity index is 0.00000160. The van der Waals surface area contributed by atoms with Crippen LogP contribution in [0.2, 0.25) is 5.02 Å². The summed E-state index contributed by atoms with van der Waals surface area (Å²) in [5, 5.41) is 0.680. The van der Waals surface area contributed by atoms with Crippen LogP contribution in [0.15, 0.2) is 36.7 Å². The van der Waals surface area contributed by atoms with Gasteiger partial charge in [-0.2, -0.15) is 0 Å². The van der Waals surface area contributed by atoms with E-state index in [0.29, 0.717) is 24.5 Å². The maximum atomic E-state index is 12.8. The summed E-state index contributed by atoms with van der Waals surface area (Å²) in [6.07, 6.45) is 2.13. The van der Waals surface area contributed by atoms with Crippen molar-refractivity contribution in [1.82, 2.24) is 14.9 Å². The summed E-state index contributed by atoms with van der Waals surface area (Å²) in [6, 6.07) is 9.01. The van der Waals surface area contributed by atoms with Crippen LogP contribution in [0.1, 0.15) is 10.4 Å². The third kappa shape index (κ3) is 5.34. The lowest BCUT2D eigenvalue weighted by Gasteiger charge is -2.36. The van der Waals surface area contributed by atoms with Gasteiger partial charge in [-0.3, -0.25) is 4.79 Å². The maximum Gasteiger partial charge on any atom is 0.239 e. The first-order valence-electron chi connectivity index (χ1n) is 9.26. The molecule has 0 spiro atoms. The molecule has 1 amide bonds. The predicted molar refractivity (Wildman–Crippen MR) is 129 cm³/mol. The summed E-state index contributed by atoms with van der Waals surface area (Å²) in [4.78, 5) is 26.9. The molecule has 3 aromatic rings. The fourth-order valence-corrected chi connectivity index (χ4v) is 4.63. The second kappa shape index (κ2) is 10.6. The molecule has 1 saturated heterocycles. The Hall–Kier alpha value is -1.64. The van der Waals surface area contributed by atoms with E-state index in [1.165, 1.54) is 4.88 Å². The van der Waals surface area contributed by atoms with Gasteiger partial charge in [-0.25, -0.2) is 9.97 Å². The Kier molecular flexibility index (Phi) is 8.70. The van der Waals surface area contributed by atoms with Crippen LogP contribution in [-0.4, -0.2) is 53.0 Å². The van der Waals surface area contributed by atoms with Gasteiger partial charge in [0, 0.05) is 36.1 Å². The van der Waals surface area contributed by atoms with Crippen LogP contribution in [-0.2, 0) is 11.2 Å².